The van der Waals surface area contributed by atoms with E-state index in [0.717, 1.165) is 5.75 Å². The first-order valence-corrected chi connectivity index (χ1v) is 9.74. The van der Waals surface area contributed by atoms with Crippen LogP contribution in [0, 0.1) is 0 Å². The van der Waals surface area contributed by atoms with Gasteiger partial charge in [-0.05, 0) is 17.9 Å². The number of nitrogens with zero attached hydrogens (tertiary/aromatic N) is 3. The minimum Gasteiger partial charge on any atom is -0.382 e. The summed E-state index contributed by atoms with van der Waals surface area (Å²) >= 11 is 14.1. The normalized spacial score (nSPS) is 24.7. The molecule has 2 fully saturated rings. The van der Waals surface area contributed by atoms with Crippen molar-refractivity contribution >= 4 is 35.0 Å². The molecule has 6 nitrogen and oxygen atoms in total. The Kier molecular flexibility index (Phi) is 4.72. The molecule has 0 amide bonds. The van der Waals surface area contributed by atoms with Crippen LogP contribution in [0.25, 0.3) is 0 Å². The maximum Gasteiger partial charge on any atom is 0.184 e. The second kappa shape index (κ2) is 6.72. The molecule has 3 heterocycles. The highest BCUT2D eigenvalue weighted by atomic mass is 35.5. The summed E-state index contributed by atoms with van der Waals surface area (Å²) < 4.78 is 13.5. The molecular formula is C16H17Cl2N3O3S. The zero-order chi connectivity index (χ0) is 17.5. The monoisotopic (exact) mass is 401 g/mol. The Hall–Kier alpha value is -0.830. The molecule has 2 aromatic rings. The van der Waals surface area contributed by atoms with Gasteiger partial charge in [-0.15, -0.1) is 11.8 Å². The van der Waals surface area contributed by atoms with Gasteiger partial charge in [-0.2, -0.15) is 5.10 Å². The Bertz CT molecular complexity index is 750. The summed E-state index contributed by atoms with van der Waals surface area (Å²) in [6.07, 6.45) is 3.72. The SMILES string of the molecule is O[C@@](Cn1cncn1)(c1ccc(Cl)cc1Cl)[C@H]1SCCC12OCCO2. The molecule has 2 aliphatic rings. The first-order chi connectivity index (χ1) is 12.0. The molecule has 2 aliphatic heterocycles. The summed E-state index contributed by atoms with van der Waals surface area (Å²) in [5, 5.41) is 16.6. The third kappa shape index (κ3) is 3.07. The Balaban J connectivity index is 1.80. The zero-order valence-electron chi connectivity index (χ0n) is 13.3. The molecule has 0 unspecified atom stereocenters. The Morgan fingerprint density at radius 2 is 2.16 bits per heavy atom. The number of thioether (sulfide) groups is 1. The van der Waals surface area contributed by atoms with Gasteiger partial charge >= 0.3 is 0 Å². The minimum absolute atomic E-state index is 0.181. The quantitative estimate of drug-likeness (QED) is 0.848. The van der Waals surface area contributed by atoms with Crippen LogP contribution in [-0.4, -0.2) is 49.9 Å². The number of hydrogen-bond acceptors (Lipinski definition) is 6. The number of hydrogen-bond donors (Lipinski definition) is 1. The van der Waals surface area contributed by atoms with Crippen molar-refractivity contribution in [3.8, 4) is 0 Å². The first-order valence-electron chi connectivity index (χ1n) is 7.93. The highest BCUT2D eigenvalue weighted by Gasteiger charge is 2.59. The lowest BCUT2D eigenvalue weighted by molar-refractivity contribution is -0.188. The van der Waals surface area contributed by atoms with Crippen LogP contribution in [0.5, 0.6) is 0 Å². The predicted molar refractivity (Wildman–Crippen MR) is 95.9 cm³/mol. The van der Waals surface area contributed by atoms with E-state index in [2.05, 4.69) is 10.1 Å². The van der Waals surface area contributed by atoms with Gasteiger partial charge in [0.25, 0.3) is 0 Å². The fraction of sp³-hybridized carbons (Fsp3) is 0.500. The third-order valence-corrected chi connectivity index (χ3v) is 6.68. The predicted octanol–water partition coefficient (Wildman–Crippen LogP) is 2.72. The van der Waals surface area contributed by atoms with E-state index in [4.69, 9.17) is 32.7 Å². The second-order valence-electron chi connectivity index (χ2n) is 6.15. The maximum absolute atomic E-state index is 11.9. The molecule has 1 aromatic carbocycles. The van der Waals surface area contributed by atoms with Crippen LogP contribution in [0.1, 0.15) is 12.0 Å². The van der Waals surface area contributed by atoms with Gasteiger partial charge in [-0.25, -0.2) is 9.67 Å². The number of halogens is 2. The van der Waals surface area contributed by atoms with Gasteiger partial charge < -0.3 is 14.6 Å². The van der Waals surface area contributed by atoms with Gasteiger partial charge in [0.2, 0.25) is 0 Å². The number of aliphatic hydroxyl groups is 1. The van der Waals surface area contributed by atoms with E-state index >= 15 is 0 Å². The fourth-order valence-electron chi connectivity index (χ4n) is 3.56. The van der Waals surface area contributed by atoms with Gasteiger partial charge in [-0.3, -0.25) is 0 Å². The van der Waals surface area contributed by atoms with Crippen molar-refractivity contribution in [2.24, 2.45) is 0 Å². The second-order valence-corrected chi connectivity index (χ2v) is 8.21. The molecule has 25 heavy (non-hydrogen) atoms. The van der Waals surface area contributed by atoms with Crippen molar-refractivity contribution in [2.45, 2.75) is 29.6 Å². The summed E-state index contributed by atoms with van der Waals surface area (Å²) in [6.45, 7) is 1.22. The summed E-state index contributed by atoms with van der Waals surface area (Å²) in [6, 6.07) is 5.11. The van der Waals surface area contributed by atoms with E-state index in [1.807, 2.05) is 0 Å². The number of benzene rings is 1. The van der Waals surface area contributed by atoms with Crippen LogP contribution < -0.4 is 0 Å². The van der Waals surface area contributed by atoms with Gasteiger partial charge in [-0.1, -0.05) is 29.3 Å². The van der Waals surface area contributed by atoms with Crippen LogP contribution in [0.2, 0.25) is 10.0 Å². The van der Waals surface area contributed by atoms with Crippen LogP contribution in [0.3, 0.4) is 0 Å². The van der Waals surface area contributed by atoms with E-state index in [-0.39, 0.29) is 11.8 Å². The lowest BCUT2D eigenvalue weighted by Crippen LogP contribution is -2.53. The van der Waals surface area contributed by atoms with Crippen molar-refractivity contribution in [1.29, 1.82) is 0 Å². The molecule has 1 spiro atoms. The molecular weight excluding hydrogens is 385 g/mol. The van der Waals surface area contributed by atoms with Crippen LogP contribution in [0.15, 0.2) is 30.9 Å². The van der Waals surface area contributed by atoms with E-state index in [0.29, 0.717) is 35.2 Å². The fourth-order valence-corrected chi connectivity index (χ4v) is 5.75. The van der Waals surface area contributed by atoms with Gasteiger partial charge in [0, 0.05) is 22.0 Å². The van der Waals surface area contributed by atoms with Gasteiger partial charge in [0.05, 0.1) is 25.0 Å². The van der Waals surface area contributed by atoms with Crippen molar-refractivity contribution in [3.05, 3.63) is 46.5 Å². The Morgan fingerprint density at radius 3 is 2.84 bits per heavy atom. The van der Waals surface area contributed by atoms with E-state index < -0.39 is 11.4 Å². The summed E-state index contributed by atoms with van der Waals surface area (Å²) in [5.41, 5.74) is -0.784. The molecule has 9 heteroatoms. The molecule has 0 aliphatic carbocycles. The molecule has 134 valence electrons. The van der Waals surface area contributed by atoms with Crippen molar-refractivity contribution in [1.82, 2.24) is 14.8 Å². The lowest BCUT2D eigenvalue weighted by atomic mass is 9.85. The molecule has 1 aromatic heterocycles. The van der Waals surface area contributed by atoms with Crippen LogP contribution >= 0.6 is 35.0 Å². The highest BCUT2D eigenvalue weighted by molar-refractivity contribution is 8.00. The minimum atomic E-state index is -1.36. The zero-order valence-corrected chi connectivity index (χ0v) is 15.6. The molecule has 4 rings (SSSR count). The molecule has 0 bridgehead atoms. The molecule has 2 saturated heterocycles. The molecule has 1 N–H and O–H groups in total. The van der Waals surface area contributed by atoms with Crippen molar-refractivity contribution in [3.63, 3.8) is 0 Å². The Morgan fingerprint density at radius 1 is 1.36 bits per heavy atom. The lowest BCUT2D eigenvalue weighted by Gasteiger charge is -2.41. The molecule has 2 atom stereocenters. The topological polar surface area (TPSA) is 69.4 Å². The number of aromatic nitrogens is 3. The highest BCUT2D eigenvalue weighted by Crippen LogP contribution is 2.51. The summed E-state index contributed by atoms with van der Waals surface area (Å²) in [5.74, 6) is 0.0124. The summed E-state index contributed by atoms with van der Waals surface area (Å²) in [7, 11) is 0. The third-order valence-electron chi connectivity index (χ3n) is 4.61. The smallest absolute Gasteiger partial charge is 0.184 e. The average Bonchev–Trinajstić information content (AvgIpc) is 3.31. The number of rotatable bonds is 4. The van der Waals surface area contributed by atoms with Crippen LogP contribution in [0.4, 0.5) is 0 Å². The standard InChI is InChI=1S/C16H17Cl2N3O3S/c17-11-1-2-12(13(18)7-11)15(22,8-21-10-19-9-20-21)14-16(3-6-25-14)23-4-5-24-16/h1-2,7,9-10,14,22H,3-6,8H2/t14-,15+/m1/s1. The van der Waals surface area contributed by atoms with Gasteiger partial charge in [0.15, 0.2) is 5.79 Å². The number of ether oxygens (including phenoxy) is 2. The summed E-state index contributed by atoms with van der Waals surface area (Å²) in [4.78, 5) is 3.97. The van der Waals surface area contributed by atoms with Gasteiger partial charge in [0.1, 0.15) is 18.3 Å². The molecule has 0 radical (unpaired) electrons. The maximum atomic E-state index is 11.9. The van der Waals surface area contributed by atoms with E-state index in [9.17, 15) is 5.11 Å². The first kappa shape index (κ1) is 17.6. The average molecular weight is 402 g/mol. The van der Waals surface area contributed by atoms with E-state index in [1.165, 1.54) is 6.33 Å². The van der Waals surface area contributed by atoms with Crippen molar-refractivity contribution in [2.75, 3.05) is 19.0 Å². The molecule has 0 saturated carbocycles. The van der Waals surface area contributed by atoms with E-state index in [1.54, 1.807) is 41.0 Å². The largest absolute Gasteiger partial charge is 0.382 e. The van der Waals surface area contributed by atoms with Crippen LogP contribution in [-0.2, 0) is 21.6 Å². The van der Waals surface area contributed by atoms with Crippen molar-refractivity contribution < 1.29 is 14.6 Å². The Labute approximate surface area is 159 Å².